The summed E-state index contributed by atoms with van der Waals surface area (Å²) in [5.74, 6) is 0. The third-order valence-corrected chi connectivity index (χ3v) is 3.83. The molecule has 1 aromatic rings. The maximum Gasteiger partial charge on any atom is 0.0320 e. The molecule has 0 bridgehead atoms. The molecule has 0 saturated heterocycles. The Morgan fingerprint density at radius 3 is 2.50 bits per heavy atom. The van der Waals surface area contributed by atoms with Crippen LogP contribution in [-0.2, 0) is 6.42 Å². The Balaban J connectivity index is 2.47. The molecule has 0 fully saturated rings. The fraction of sp³-hybridized carbons (Fsp3) is 0.455. The third-order valence-electron chi connectivity index (χ3n) is 1.95. The highest BCUT2D eigenvalue weighted by molar-refractivity contribution is 9.13. The predicted octanol–water partition coefficient (Wildman–Crippen LogP) is 3.75. The van der Waals surface area contributed by atoms with Crippen molar-refractivity contribution in [3.05, 3.63) is 32.7 Å². The van der Waals surface area contributed by atoms with Gasteiger partial charge in [-0.25, -0.2) is 0 Å². The Kier molecular flexibility index (Phi) is 5.13. The summed E-state index contributed by atoms with van der Waals surface area (Å²) in [6.07, 6.45) is 1.07. The minimum Gasteiger partial charge on any atom is -0.314 e. The molecule has 0 heterocycles. The first-order chi connectivity index (χ1) is 6.59. The van der Waals surface area contributed by atoms with Gasteiger partial charge in [-0.3, -0.25) is 0 Å². The zero-order valence-electron chi connectivity index (χ0n) is 8.48. The average Bonchev–Trinajstić information content (AvgIpc) is 2.10. The maximum atomic E-state index is 3.50. The van der Waals surface area contributed by atoms with E-state index in [0.29, 0.717) is 6.04 Å². The van der Waals surface area contributed by atoms with Gasteiger partial charge in [0.25, 0.3) is 0 Å². The lowest BCUT2D eigenvalue weighted by Gasteiger charge is -2.08. The topological polar surface area (TPSA) is 12.0 Å². The molecule has 78 valence electrons. The smallest absolute Gasteiger partial charge is 0.0320 e. The molecular formula is C11H15Br2N. The molecule has 0 saturated carbocycles. The van der Waals surface area contributed by atoms with Crippen LogP contribution in [0.5, 0.6) is 0 Å². The van der Waals surface area contributed by atoms with Crippen molar-refractivity contribution in [1.29, 1.82) is 0 Å². The summed E-state index contributed by atoms with van der Waals surface area (Å²) in [6.45, 7) is 5.36. The van der Waals surface area contributed by atoms with Crippen molar-refractivity contribution in [3.63, 3.8) is 0 Å². The van der Waals surface area contributed by atoms with Crippen molar-refractivity contribution in [1.82, 2.24) is 5.32 Å². The molecule has 0 aliphatic carbocycles. The van der Waals surface area contributed by atoms with Gasteiger partial charge in [0.2, 0.25) is 0 Å². The molecule has 0 amide bonds. The van der Waals surface area contributed by atoms with E-state index in [1.165, 1.54) is 5.56 Å². The van der Waals surface area contributed by atoms with Gasteiger partial charge in [0.1, 0.15) is 0 Å². The van der Waals surface area contributed by atoms with Crippen LogP contribution < -0.4 is 5.32 Å². The van der Waals surface area contributed by atoms with Gasteiger partial charge < -0.3 is 5.32 Å². The predicted molar refractivity (Wildman–Crippen MR) is 68.7 cm³/mol. The average molecular weight is 321 g/mol. The molecule has 0 spiro atoms. The van der Waals surface area contributed by atoms with Crippen LogP contribution in [0, 0.1) is 0 Å². The quantitative estimate of drug-likeness (QED) is 0.891. The zero-order valence-corrected chi connectivity index (χ0v) is 11.7. The normalized spacial score (nSPS) is 10.9. The number of halogens is 2. The van der Waals surface area contributed by atoms with Gasteiger partial charge in [0, 0.05) is 15.0 Å². The number of rotatable bonds is 4. The second-order valence-electron chi connectivity index (χ2n) is 3.61. The largest absolute Gasteiger partial charge is 0.314 e. The van der Waals surface area contributed by atoms with Crippen LogP contribution >= 0.6 is 31.9 Å². The van der Waals surface area contributed by atoms with Crippen LogP contribution in [0.2, 0.25) is 0 Å². The Hall–Kier alpha value is 0.140. The van der Waals surface area contributed by atoms with Crippen LogP contribution in [0.4, 0.5) is 0 Å². The van der Waals surface area contributed by atoms with Gasteiger partial charge in [-0.05, 0) is 62.5 Å². The summed E-state index contributed by atoms with van der Waals surface area (Å²) >= 11 is 6.96. The van der Waals surface area contributed by atoms with E-state index in [2.05, 4.69) is 69.2 Å². The van der Waals surface area contributed by atoms with Crippen molar-refractivity contribution in [3.8, 4) is 0 Å². The monoisotopic (exact) mass is 319 g/mol. The first kappa shape index (κ1) is 12.2. The summed E-state index contributed by atoms with van der Waals surface area (Å²) in [6, 6.07) is 6.95. The third kappa shape index (κ3) is 4.11. The molecule has 1 aromatic carbocycles. The van der Waals surface area contributed by atoms with Crippen molar-refractivity contribution < 1.29 is 0 Å². The minimum absolute atomic E-state index is 0.564. The minimum atomic E-state index is 0.564. The van der Waals surface area contributed by atoms with E-state index in [9.17, 15) is 0 Å². The second kappa shape index (κ2) is 5.89. The van der Waals surface area contributed by atoms with E-state index < -0.39 is 0 Å². The zero-order chi connectivity index (χ0) is 10.6. The number of hydrogen-bond donors (Lipinski definition) is 1. The van der Waals surface area contributed by atoms with Crippen LogP contribution in [0.3, 0.4) is 0 Å². The molecular weight excluding hydrogens is 306 g/mol. The van der Waals surface area contributed by atoms with Crippen molar-refractivity contribution in [2.75, 3.05) is 6.54 Å². The Morgan fingerprint density at radius 2 is 1.93 bits per heavy atom. The van der Waals surface area contributed by atoms with Crippen LogP contribution in [0.15, 0.2) is 27.1 Å². The van der Waals surface area contributed by atoms with E-state index in [-0.39, 0.29) is 0 Å². The van der Waals surface area contributed by atoms with Crippen LogP contribution in [0.1, 0.15) is 19.4 Å². The summed E-state index contributed by atoms with van der Waals surface area (Å²) in [5, 5.41) is 3.40. The molecule has 0 aromatic heterocycles. The van der Waals surface area contributed by atoms with Gasteiger partial charge in [0.15, 0.2) is 0 Å². The SMILES string of the molecule is CC(C)NCCc1ccc(Br)c(Br)c1. The molecule has 0 atom stereocenters. The van der Waals surface area contributed by atoms with Gasteiger partial charge >= 0.3 is 0 Å². The van der Waals surface area contributed by atoms with E-state index in [0.717, 1.165) is 21.9 Å². The maximum absolute atomic E-state index is 3.50. The van der Waals surface area contributed by atoms with Gasteiger partial charge in [-0.15, -0.1) is 0 Å². The Labute approximate surface area is 103 Å². The number of nitrogens with one attached hydrogen (secondary N) is 1. The molecule has 3 heteroatoms. The van der Waals surface area contributed by atoms with Crippen molar-refractivity contribution >= 4 is 31.9 Å². The fourth-order valence-electron chi connectivity index (χ4n) is 1.20. The van der Waals surface area contributed by atoms with Crippen molar-refractivity contribution in [2.24, 2.45) is 0 Å². The lowest BCUT2D eigenvalue weighted by atomic mass is 10.1. The first-order valence-electron chi connectivity index (χ1n) is 4.77. The summed E-state index contributed by atoms with van der Waals surface area (Å²) < 4.78 is 2.23. The summed E-state index contributed by atoms with van der Waals surface area (Å²) in [7, 11) is 0. The van der Waals surface area contributed by atoms with Gasteiger partial charge in [-0.1, -0.05) is 19.9 Å². The molecule has 0 aliphatic rings. The molecule has 1 nitrogen and oxygen atoms in total. The van der Waals surface area contributed by atoms with Gasteiger partial charge in [0.05, 0.1) is 0 Å². The molecule has 14 heavy (non-hydrogen) atoms. The molecule has 1 N–H and O–H groups in total. The van der Waals surface area contributed by atoms with E-state index >= 15 is 0 Å². The number of hydrogen-bond acceptors (Lipinski definition) is 1. The molecule has 1 rings (SSSR count). The lowest BCUT2D eigenvalue weighted by Crippen LogP contribution is -2.24. The molecule has 0 aliphatic heterocycles. The fourth-order valence-corrected chi connectivity index (χ4v) is 1.87. The highest BCUT2D eigenvalue weighted by atomic mass is 79.9. The van der Waals surface area contributed by atoms with Crippen molar-refractivity contribution in [2.45, 2.75) is 26.3 Å². The number of benzene rings is 1. The molecule has 0 radical (unpaired) electrons. The van der Waals surface area contributed by atoms with E-state index in [4.69, 9.17) is 0 Å². The van der Waals surface area contributed by atoms with Crippen LogP contribution in [-0.4, -0.2) is 12.6 Å². The first-order valence-corrected chi connectivity index (χ1v) is 6.35. The lowest BCUT2D eigenvalue weighted by molar-refractivity contribution is 0.590. The van der Waals surface area contributed by atoms with E-state index in [1.807, 2.05) is 0 Å². The standard InChI is InChI=1S/C11H15Br2N/c1-8(2)14-6-5-9-3-4-10(12)11(13)7-9/h3-4,7-8,14H,5-6H2,1-2H3. The highest BCUT2D eigenvalue weighted by Crippen LogP contribution is 2.23. The van der Waals surface area contributed by atoms with Crippen LogP contribution in [0.25, 0.3) is 0 Å². The Bertz CT molecular complexity index is 297. The molecule has 0 unspecified atom stereocenters. The summed E-state index contributed by atoms with van der Waals surface area (Å²) in [5.41, 5.74) is 1.35. The van der Waals surface area contributed by atoms with E-state index in [1.54, 1.807) is 0 Å². The second-order valence-corrected chi connectivity index (χ2v) is 5.32. The van der Waals surface area contributed by atoms with Gasteiger partial charge in [-0.2, -0.15) is 0 Å². The summed E-state index contributed by atoms with van der Waals surface area (Å²) in [4.78, 5) is 0. The highest BCUT2D eigenvalue weighted by Gasteiger charge is 1.99. The Morgan fingerprint density at radius 1 is 1.21 bits per heavy atom.